The van der Waals surface area contributed by atoms with Crippen molar-refractivity contribution in [1.82, 2.24) is 0 Å². The Labute approximate surface area is 265 Å². The lowest BCUT2D eigenvalue weighted by Gasteiger charge is -2.38. The van der Waals surface area contributed by atoms with Crippen molar-refractivity contribution in [1.29, 1.82) is 0 Å². The molecule has 5 atom stereocenters. The maximum Gasteiger partial charge on any atom is 0.334 e. The quantitative estimate of drug-likeness (QED) is 0.0536. The minimum absolute atomic E-state index is 0.0252. The van der Waals surface area contributed by atoms with E-state index in [9.17, 15) is 14.4 Å². The van der Waals surface area contributed by atoms with Gasteiger partial charge in [-0.1, -0.05) is 58.0 Å². The highest BCUT2D eigenvalue weighted by Crippen LogP contribution is 2.45. The SMILES string of the molecule is COC(=O)C(C)(CC(CC(CC(C)(C(=O)OCC1CO1)C(C)C)c1ccccc1)C(=O)OCCC[Si](C)(OC)OC)C(C)C. The first kappa shape index (κ1) is 37.9. The van der Waals surface area contributed by atoms with Crippen LogP contribution in [0.5, 0.6) is 0 Å². The molecule has 0 N–H and O–H groups in total. The molecule has 0 amide bonds. The lowest BCUT2D eigenvalue weighted by Crippen LogP contribution is -2.40. The summed E-state index contributed by atoms with van der Waals surface area (Å²) >= 11 is 0. The summed E-state index contributed by atoms with van der Waals surface area (Å²) in [5, 5.41) is 0. The van der Waals surface area contributed by atoms with Crippen molar-refractivity contribution in [2.45, 2.75) is 91.8 Å². The van der Waals surface area contributed by atoms with E-state index >= 15 is 0 Å². The molecular formula is C34H56O9Si. The molecule has 0 aromatic heterocycles. The molecule has 0 radical (unpaired) electrons. The molecular weight excluding hydrogens is 580 g/mol. The summed E-state index contributed by atoms with van der Waals surface area (Å²) in [4.78, 5) is 40.5. The summed E-state index contributed by atoms with van der Waals surface area (Å²) < 4.78 is 33.2. The van der Waals surface area contributed by atoms with E-state index in [1.54, 1.807) is 14.2 Å². The van der Waals surface area contributed by atoms with E-state index in [1.807, 2.05) is 78.4 Å². The van der Waals surface area contributed by atoms with E-state index in [4.69, 9.17) is 27.8 Å². The molecule has 250 valence electrons. The van der Waals surface area contributed by atoms with Gasteiger partial charge in [0.1, 0.15) is 12.7 Å². The second-order valence-electron chi connectivity index (χ2n) is 13.5. The molecule has 0 spiro atoms. The van der Waals surface area contributed by atoms with E-state index in [0.717, 1.165) is 5.56 Å². The first-order valence-corrected chi connectivity index (χ1v) is 18.4. The Morgan fingerprint density at radius 3 is 1.98 bits per heavy atom. The van der Waals surface area contributed by atoms with Crippen LogP contribution >= 0.6 is 0 Å². The van der Waals surface area contributed by atoms with Gasteiger partial charge >= 0.3 is 26.5 Å². The zero-order chi connectivity index (χ0) is 33.1. The highest BCUT2D eigenvalue weighted by atomic mass is 28.4. The van der Waals surface area contributed by atoms with Crippen molar-refractivity contribution in [2.24, 2.45) is 28.6 Å². The number of ether oxygens (including phenoxy) is 4. The van der Waals surface area contributed by atoms with Crippen molar-refractivity contribution in [2.75, 3.05) is 41.2 Å². The van der Waals surface area contributed by atoms with E-state index in [2.05, 4.69) is 0 Å². The number of carbonyl (C=O) groups excluding carboxylic acids is 3. The minimum atomic E-state index is -2.30. The normalized spacial score (nSPS) is 19.0. The molecule has 1 saturated heterocycles. The van der Waals surface area contributed by atoms with Crippen LogP contribution in [0.2, 0.25) is 12.6 Å². The van der Waals surface area contributed by atoms with Gasteiger partial charge in [-0.3, -0.25) is 14.4 Å². The van der Waals surface area contributed by atoms with Crippen LogP contribution in [0.4, 0.5) is 0 Å². The number of rotatable bonds is 20. The number of benzene rings is 1. The fraction of sp³-hybridized carbons (Fsp3) is 0.735. The number of epoxide rings is 1. The average molecular weight is 637 g/mol. The smallest absolute Gasteiger partial charge is 0.334 e. The molecule has 1 heterocycles. The van der Waals surface area contributed by atoms with Crippen LogP contribution in [-0.2, 0) is 42.2 Å². The molecule has 1 aliphatic heterocycles. The predicted octanol–water partition coefficient (Wildman–Crippen LogP) is 6.29. The lowest BCUT2D eigenvalue weighted by molar-refractivity contribution is -0.159. The third-order valence-corrected chi connectivity index (χ3v) is 12.9. The molecule has 1 aromatic rings. The van der Waals surface area contributed by atoms with Gasteiger partial charge in [0.05, 0.1) is 37.1 Å². The molecule has 10 heteroatoms. The zero-order valence-corrected chi connectivity index (χ0v) is 29.6. The summed E-state index contributed by atoms with van der Waals surface area (Å²) in [6.45, 7) is 14.8. The van der Waals surface area contributed by atoms with Gasteiger partial charge < -0.3 is 27.8 Å². The zero-order valence-electron chi connectivity index (χ0n) is 28.6. The Balaban J connectivity index is 2.41. The summed E-state index contributed by atoms with van der Waals surface area (Å²) in [6.07, 6.45) is 1.69. The molecule has 5 unspecified atom stereocenters. The van der Waals surface area contributed by atoms with Crippen molar-refractivity contribution in [3.05, 3.63) is 35.9 Å². The van der Waals surface area contributed by atoms with E-state index in [1.165, 1.54) is 7.11 Å². The van der Waals surface area contributed by atoms with Crippen LogP contribution in [0.15, 0.2) is 30.3 Å². The van der Waals surface area contributed by atoms with Gasteiger partial charge in [0.25, 0.3) is 0 Å². The van der Waals surface area contributed by atoms with Gasteiger partial charge in [0, 0.05) is 14.2 Å². The van der Waals surface area contributed by atoms with Crippen LogP contribution in [0.25, 0.3) is 0 Å². The molecule has 0 saturated carbocycles. The molecule has 1 fully saturated rings. The van der Waals surface area contributed by atoms with Gasteiger partial charge in [-0.25, -0.2) is 0 Å². The van der Waals surface area contributed by atoms with Crippen LogP contribution < -0.4 is 0 Å². The summed E-state index contributed by atoms with van der Waals surface area (Å²) in [6, 6.07) is 10.6. The largest absolute Gasteiger partial charge is 0.469 e. The number of hydrogen-bond donors (Lipinski definition) is 0. The summed E-state index contributed by atoms with van der Waals surface area (Å²) in [5.74, 6) is -1.90. The predicted molar refractivity (Wildman–Crippen MR) is 171 cm³/mol. The fourth-order valence-corrected chi connectivity index (χ4v) is 6.87. The van der Waals surface area contributed by atoms with Crippen molar-refractivity contribution in [3.63, 3.8) is 0 Å². The third-order valence-electron chi connectivity index (χ3n) is 9.87. The Kier molecular flexibility index (Phi) is 14.5. The second kappa shape index (κ2) is 16.9. The van der Waals surface area contributed by atoms with Crippen molar-refractivity contribution in [3.8, 4) is 0 Å². The Hall–Kier alpha value is -2.27. The van der Waals surface area contributed by atoms with Crippen LogP contribution in [-0.4, -0.2) is 73.7 Å². The van der Waals surface area contributed by atoms with E-state index < -0.39 is 25.3 Å². The van der Waals surface area contributed by atoms with Gasteiger partial charge in [0.2, 0.25) is 0 Å². The molecule has 2 rings (SSSR count). The summed E-state index contributed by atoms with van der Waals surface area (Å²) in [5.41, 5.74) is -0.716. The molecule has 1 aromatic carbocycles. The highest BCUT2D eigenvalue weighted by Gasteiger charge is 2.45. The molecule has 0 bridgehead atoms. The number of methoxy groups -OCH3 is 1. The molecule has 44 heavy (non-hydrogen) atoms. The van der Waals surface area contributed by atoms with Gasteiger partial charge in [-0.15, -0.1) is 0 Å². The maximum absolute atomic E-state index is 13.9. The molecule has 9 nitrogen and oxygen atoms in total. The molecule has 1 aliphatic rings. The monoisotopic (exact) mass is 636 g/mol. The molecule has 0 aliphatic carbocycles. The second-order valence-corrected chi connectivity index (χ2v) is 17.0. The lowest BCUT2D eigenvalue weighted by atomic mass is 9.67. The number of hydrogen-bond acceptors (Lipinski definition) is 9. The number of carbonyl (C=O) groups is 3. The van der Waals surface area contributed by atoms with E-state index in [-0.39, 0.29) is 61.4 Å². The van der Waals surface area contributed by atoms with Gasteiger partial charge in [0.15, 0.2) is 0 Å². The Bertz CT molecular complexity index is 1050. The van der Waals surface area contributed by atoms with Crippen molar-refractivity contribution < 1.29 is 42.2 Å². The topological polar surface area (TPSA) is 110 Å². The number of esters is 3. The van der Waals surface area contributed by atoms with Crippen LogP contribution in [0, 0.1) is 28.6 Å². The van der Waals surface area contributed by atoms with Crippen LogP contribution in [0.3, 0.4) is 0 Å². The Morgan fingerprint density at radius 2 is 1.48 bits per heavy atom. The van der Waals surface area contributed by atoms with Crippen molar-refractivity contribution >= 4 is 26.5 Å². The third kappa shape index (κ3) is 10.4. The Morgan fingerprint density at radius 1 is 0.909 bits per heavy atom. The fourth-order valence-electron chi connectivity index (χ4n) is 5.50. The van der Waals surface area contributed by atoms with Gasteiger partial charge in [-0.05, 0) is 75.4 Å². The highest BCUT2D eigenvalue weighted by molar-refractivity contribution is 6.65. The maximum atomic E-state index is 13.9. The first-order valence-electron chi connectivity index (χ1n) is 15.8. The van der Waals surface area contributed by atoms with E-state index in [0.29, 0.717) is 31.9 Å². The summed E-state index contributed by atoms with van der Waals surface area (Å²) in [7, 11) is 2.36. The standard InChI is InChI=1S/C34H56O9Si/c1-24(2)33(5,31(36)38-7)21-28(30(35)41-17-14-18-44(10,39-8)40-9)19-27(26-15-12-11-13-16-26)20-34(6,25(3)4)32(37)43-23-29-22-42-29/h11-13,15-16,24-25,27-29H,14,17-23H2,1-10H3. The first-order chi connectivity index (χ1) is 20.7. The van der Waals surface area contributed by atoms with Crippen LogP contribution in [0.1, 0.15) is 78.7 Å². The average Bonchev–Trinajstić information content (AvgIpc) is 3.85. The minimum Gasteiger partial charge on any atom is -0.469 e. The van der Waals surface area contributed by atoms with Gasteiger partial charge in [-0.2, -0.15) is 0 Å².